The summed E-state index contributed by atoms with van der Waals surface area (Å²) in [7, 11) is 1.73. The minimum atomic E-state index is -0.106. The van der Waals surface area contributed by atoms with Crippen LogP contribution in [0.25, 0.3) is 0 Å². The van der Waals surface area contributed by atoms with Crippen molar-refractivity contribution in [1.29, 1.82) is 0 Å². The Balaban J connectivity index is 2.44. The van der Waals surface area contributed by atoms with E-state index in [2.05, 4.69) is 4.98 Å². The van der Waals surface area contributed by atoms with E-state index >= 15 is 0 Å². The minimum Gasteiger partial charge on any atom is -0.330 e. The number of aryl methyl sites for hydroxylation is 2. The van der Waals surface area contributed by atoms with Gasteiger partial charge in [0.25, 0.3) is 5.56 Å². The Morgan fingerprint density at radius 2 is 2.00 bits per heavy atom. The lowest BCUT2D eigenvalue weighted by atomic mass is 10.2. The van der Waals surface area contributed by atoms with E-state index in [4.69, 9.17) is 5.73 Å². The molecule has 0 spiro atoms. The third kappa shape index (κ3) is 3.05. The van der Waals surface area contributed by atoms with Crippen LogP contribution in [0.15, 0.2) is 41.5 Å². The molecule has 0 fully saturated rings. The molecule has 0 bridgehead atoms. The van der Waals surface area contributed by atoms with Gasteiger partial charge in [0.15, 0.2) is 5.82 Å². The summed E-state index contributed by atoms with van der Waals surface area (Å²) in [5.74, 6) is 0.437. The minimum absolute atomic E-state index is 0.106. The average Bonchev–Trinajstić information content (AvgIpc) is 2.45. The zero-order valence-electron chi connectivity index (χ0n) is 11.9. The fourth-order valence-electron chi connectivity index (χ4n) is 2.00. The Morgan fingerprint density at radius 1 is 1.30 bits per heavy atom. The van der Waals surface area contributed by atoms with Crippen molar-refractivity contribution in [2.75, 3.05) is 18.0 Å². The number of hydrogen-bond acceptors (Lipinski definition) is 4. The van der Waals surface area contributed by atoms with Crippen molar-refractivity contribution in [3.63, 3.8) is 0 Å². The van der Waals surface area contributed by atoms with Gasteiger partial charge in [-0.05, 0) is 32.0 Å². The van der Waals surface area contributed by atoms with Crippen LogP contribution in [-0.2, 0) is 7.05 Å². The Labute approximate surface area is 118 Å². The third-order valence-electron chi connectivity index (χ3n) is 3.19. The first-order chi connectivity index (χ1) is 9.63. The molecular formula is C15H20N4O. The number of rotatable bonds is 5. The highest BCUT2D eigenvalue weighted by Gasteiger charge is 2.14. The number of benzene rings is 1. The Hall–Kier alpha value is -2.14. The summed E-state index contributed by atoms with van der Waals surface area (Å²) >= 11 is 0. The van der Waals surface area contributed by atoms with Crippen LogP contribution in [-0.4, -0.2) is 22.6 Å². The molecule has 0 amide bonds. The Morgan fingerprint density at radius 3 is 2.65 bits per heavy atom. The van der Waals surface area contributed by atoms with Crippen LogP contribution in [0.1, 0.15) is 12.0 Å². The van der Waals surface area contributed by atoms with E-state index in [9.17, 15) is 4.79 Å². The van der Waals surface area contributed by atoms with Crippen molar-refractivity contribution in [3.8, 4) is 0 Å². The van der Waals surface area contributed by atoms with Crippen molar-refractivity contribution < 1.29 is 0 Å². The maximum absolute atomic E-state index is 12.2. The van der Waals surface area contributed by atoms with Gasteiger partial charge in [-0.25, -0.2) is 4.98 Å². The average molecular weight is 272 g/mol. The molecule has 2 rings (SSSR count). The first-order valence-electron chi connectivity index (χ1n) is 6.69. The molecule has 0 aliphatic rings. The highest BCUT2D eigenvalue weighted by atomic mass is 16.1. The summed E-state index contributed by atoms with van der Waals surface area (Å²) in [6.45, 7) is 3.29. The predicted octanol–water partition coefficient (Wildman–Crippen LogP) is 1.58. The van der Waals surface area contributed by atoms with Gasteiger partial charge in [-0.2, -0.15) is 0 Å². The van der Waals surface area contributed by atoms with E-state index < -0.39 is 0 Å². The molecule has 1 aromatic carbocycles. The van der Waals surface area contributed by atoms with Crippen LogP contribution >= 0.6 is 0 Å². The lowest BCUT2D eigenvalue weighted by molar-refractivity contribution is 0.780. The van der Waals surface area contributed by atoms with Gasteiger partial charge in [0.05, 0.1) is 0 Å². The summed E-state index contributed by atoms with van der Waals surface area (Å²) < 4.78 is 1.53. The van der Waals surface area contributed by atoms with Gasteiger partial charge < -0.3 is 15.2 Å². The lowest BCUT2D eigenvalue weighted by Crippen LogP contribution is -2.30. The summed E-state index contributed by atoms with van der Waals surface area (Å²) in [4.78, 5) is 18.4. The van der Waals surface area contributed by atoms with Crippen LogP contribution in [0.3, 0.4) is 0 Å². The van der Waals surface area contributed by atoms with Crippen molar-refractivity contribution in [3.05, 3.63) is 52.6 Å². The molecular weight excluding hydrogens is 252 g/mol. The second-order valence-corrected chi connectivity index (χ2v) is 4.80. The molecule has 0 saturated carbocycles. The van der Waals surface area contributed by atoms with Gasteiger partial charge in [0, 0.05) is 31.7 Å². The largest absolute Gasteiger partial charge is 0.330 e. The molecule has 20 heavy (non-hydrogen) atoms. The maximum Gasteiger partial charge on any atom is 0.293 e. The van der Waals surface area contributed by atoms with Gasteiger partial charge in [-0.3, -0.25) is 4.79 Å². The zero-order chi connectivity index (χ0) is 14.5. The number of anilines is 2. The normalized spacial score (nSPS) is 10.6. The molecule has 0 unspecified atom stereocenters. The lowest BCUT2D eigenvalue weighted by Gasteiger charge is -2.23. The van der Waals surface area contributed by atoms with Gasteiger partial charge >= 0.3 is 0 Å². The molecule has 0 aliphatic heterocycles. The van der Waals surface area contributed by atoms with Crippen LogP contribution < -0.4 is 16.2 Å². The topological polar surface area (TPSA) is 64.2 Å². The molecule has 0 radical (unpaired) electrons. The monoisotopic (exact) mass is 272 g/mol. The smallest absolute Gasteiger partial charge is 0.293 e. The van der Waals surface area contributed by atoms with Crippen molar-refractivity contribution in [2.24, 2.45) is 12.8 Å². The number of aromatic nitrogens is 2. The van der Waals surface area contributed by atoms with Crippen LogP contribution in [0.4, 0.5) is 11.5 Å². The molecule has 106 valence electrons. The number of hydrogen-bond donors (Lipinski definition) is 1. The van der Waals surface area contributed by atoms with Gasteiger partial charge in [0.2, 0.25) is 0 Å². The number of nitrogens with two attached hydrogens (primary N) is 1. The number of nitrogens with zero attached hydrogens (tertiary/aromatic N) is 3. The van der Waals surface area contributed by atoms with Crippen LogP contribution in [0.5, 0.6) is 0 Å². The Kier molecular flexibility index (Phi) is 4.53. The predicted molar refractivity (Wildman–Crippen MR) is 81.3 cm³/mol. The maximum atomic E-state index is 12.2. The van der Waals surface area contributed by atoms with E-state index in [1.165, 1.54) is 10.1 Å². The zero-order valence-corrected chi connectivity index (χ0v) is 11.9. The molecule has 2 N–H and O–H groups in total. The molecule has 1 heterocycles. The van der Waals surface area contributed by atoms with E-state index in [0.717, 1.165) is 12.1 Å². The second-order valence-electron chi connectivity index (χ2n) is 4.80. The molecule has 0 aliphatic carbocycles. The van der Waals surface area contributed by atoms with Crippen LogP contribution in [0, 0.1) is 6.92 Å². The first kappa shape index (κ1) is 14.3. The highest BCUT2D eigenvalue weighted by Crippen LogP contribution is 2.21. The quantitative estimate of drug-likeness (QED) is 0.897. The second kappa shape index (κ2) is 6.34. The summed E-state index contributed by atoms with van der Waals surface area (Å²) in [5, 5.41) is 0. The molecule has 5 nitrogen and oxygen atoms in total. The fraction of sp³-hybridized carbons (Fsp3) is 0.333. The molecule has 5 heteroatoms. The first-order valence-corrected chi connectivity index (χ1v) is 6.69. The van der Waals surface area contributed by atoms with Gasteiger partial charge in [0.1, 0.15) is 0 Å². The molecule has 1 aromatic heterocycles. The van der Waals surface area contributed by atoms with E-state index in [-0.39, 0.29) is 5.56 Å². The third-order valence-corrected chi connectivity index (χ3v) is 3.19. The van der Waals surface area contributed by atoms with E-state index in [1.54, 1.807) is 19.4 Å². The molecule has 0 saturated heterocycles. The van der Waals surface area contributed by atoms with Gasteiger partial charge in [-0.1, -0.05) is 17.7 Å². The Bertz CT molecular complexity index is 619. The van der Waals surface area contributed by atoms with E-state index in [0.29, 0.717) is 18.9 Å². The fourth-order valence-corrected chi connectivity index (χ4v) is 2.00. The molecule has 0 atom stereocenters. The van der Waals surface area contributed by atoms with Crippen molar-refractivity contribution in [1.82, 2.24) is 9.55 Å². The SMILES string of the molecule is Cc1ccc(N(CCCN)c2nccn(C)c2=O)cc1. The van der Waals surface area contributed by atoms with Crippen molar-refractivity contribution >= 4 is 11.5 Å². The standard InChI is InChI=1S/C15H20N4O/c1-12-4-6-13(7-5-12)19(10-3-8-16)14-15(20)18(2)11-9-17-14/h4-7,9,11H,3,8,10,16H2,1-2H3. The highest BCUT2D eigenvalue weighted by molar-refractivity contribution is 5.59. The van der Waals surface area contributed by atoms with E-state index in [1.807, 2.05) is 36.1 Å². The van der Waals surface area contributed by atoms with Crippen molar-refractivity contribution in [2.45, 2.75) is 13.3 Å². The molecule has 2 aromatic rings. The van der Waals surface area contributed by atoms with Gasteiger partial charge in [-0.15, -0.1) is 0 Å². The van der Waals surface area contributed by atoms with Crippen LogP contribution in [0.2, 0.25) is 0 Å². The summed E-state index contributed by atoms with van der Waals surface area (Å²) in [6.07, 6.45) is 4.09. The summed E-state index contributed by atoms with van der Waals surface area (Å²) in [5.41, 5.74) is 7.63. The summed E-state index contributed by atoms with van der Waals surface area (Å²) in [6, 6.07) is 8.05.